The standard InChI is InChI=1S/C17H21N3O3S/c1-17(2,3)20-16(21)13-7-9-15(10-8-13)24(22,23)19-12-14-6-4-5-11-18-14/h4-11,19H,12H2,1-3H3,(H,20,21). The Kier molecular flexibility index (Phi) is 5.36. The van der Waals surface area contributed by atoms with Crippen molar-refractivity contribution in [2.45, 2.75) is 37.8 Å². The monoisotopic (exact) mass is 347 g/mol. The van der Waals surface area contributed by atoms with E-state index < -0.39 is 10.0 Å². The number of nitrogens with one attached hydrogen (secondary N) is 2. The lowest BCUT2D eigenvalue weighted by atomic mass is 10.1. The van der Waals surface area contributed by atoms with Crippen LogP contribution in [0.25, 0.3) is 0 Å². The van der Waals surface area contributed by atoms with Crippen LogP contribution in [0.3, 0.4) is 0 Å². The van der Waals surface area contributed by atoms with Crippen LogP contribution in [-0.4, -0.2) is 24.8 Å². The topological polar surface area (TPSA) is 88.2 Å². The normalized spacial score (nSPS) is 12.0. The zero-order valence-corrected chi connectivity index (χ0v) is 14.7. The average molecular weight is 347 g/mol. The lowest BCUT2D eigenvalue weighted by molar-refractivity contribution is 0.0919. The van der Waals surface area contributed by atoms with E-state index >= 15 is 0 Å². The fourth-order valence-electron chi connectivity index (χ4n) is 1.95. The first-order valence-corrected chi connectivity index (χ1v) is 8.98. The first-order chi connectivity index (χ1) is 11.2. The SMILES string of the molecule is CC(C)(C)NC(=O)c1ccc(S(=O)(=O)NCc2ccccn2)cc1. The van der Waals surface area contributed by atoms with E-state index in [4.69, 9.17) is 0 Å². The second kappa shape index (κ2) is 7.11. The highest BCUT2D eigenvalue weighted by Crippen LogP contribution is 2.12. The molecule has 7 heteroatoms. The van der Waals surface area contributed by atoms with Crippen LogP contribution in [0.2, 0.25) is 0 Å². The third-order valence-electron chi connectivity index (χ3n) is 3.08. The number of amides is 1. The highest BCUT2D eigenvalue weighted by molar-refractivity contribution is 7.89. The summed E-state index contributed by atoms with van der Waals surface area (Å²) in [5.74, 6) is -0.243. The number of nitrogens with zero attached hydrogens (tertiary/aromatic N) is 1. The van der Waals surface area contributed by atoms with Crippen LogP contribution in [0.15, 0.2) is 53.6 Å². The number of carbonyl (C=O) groups is 1. The molecule has 0 unspecified atom stereocenters. The summed E-state index contributed by atoms with van der Waals surface area (Å²) in [7, 11) is -3.66. The van der Waals surface area contributed by atoms with Gasteiger partial charge in [-0.15, -0.1) is 0 Å². The number of aromatic nitrogens is 1. The van der Waals surface area contributed by atoms with Crippen molar-refractivity contribution in [2.24, 2.45) is 0 Å². The quantitative estimate of drug-likeness (QED) is 0.867. The predicted molar refractivity (Wildman–Crippen MR) is 91.9 cm³/mol. The van der Waals surface area contributed by atoms with Gasteiger partial charge in [-0.05, 0) is 57.2 Å². The van der Waals surface area contributed by atoms with Gasteiger partial charge in [-0.25, -0.2) is 13.1 Å². The molecule has 0 atom stereocenters. The maximum Gasteiger partial charge on any atom is 0.251 e. The molecule has 1 heterocycles. The summed E-state index contributed by atoms with van der Waals surface area (Å²) >= 11 is 0. The molecule has 1 amide bonds. The zero-order valence-electron chi connectivity index (χ0n) is 13.9. The minimum Gasteiger partial charge on any atom is -0.347 e. The van der Waals surface area contributed by atoms with Gasteiger partial charge in [0.25, 0.3) is 5.91 Å². The van der Waals surface area contributed by atoms with E-state index in [2.05, 4.69) is 15.0 Å². The van der Waals surface area contributed by atoms with Gasteiger partial charge in [0.1, 0.15) is 0 Å². The number of benzene rings is 1. The van der Waals surface area contributed by atoms with Crippen molar-refractivity contribution in [1.29, 1.82) is 0 Å². The van der Waals surface area contributed by atoms with E-state index in [1.807, 2.05) is 20.8 Å². The number of hydrogen-bond donors (Lipinski definition) is 2. The van der Waals surface area contributed by atoms with Gasteiger partial charge >= 0.3 is 0 Å². The largest absolute Gasteiger partial charge is 0.347 e. The number of rotatable bonds is 5. The number of sulfonamides is 1. The maximum absolute atomic E-state index is 12.3. The Bertz CT molecular complexity index is 795. The Morgan fingerprint density at radius 3 is 2.29 bits per heavy atom. The molecule has 2 rings (SSSR count). The van der Waals surface area contributed by atoms with Crippen molar-refractivity contribution in [3.05, 3.63) is 59.9 Å². The Balaban J connectivity index is 2.07. The molecule has 1 aromatic heterocycles. The van der Waals surface area contributed by atoms with Crippen molar-refractivity contribution >= 4 is 15.9 Å². The fraction of sp³-hybridized carbons (Fsp3) is 0.294. The highest BCUT2D eigenvalue weighted by Gasteiger charge is 2.17. The van der Waals surface area contributed by atoms with Gasteiger partial charge in [0.15, 0.2) is 0 Å². The molecule has 0 bridgehead atoms. The molecule has 0 aliphatic heterocycles. The molecule has 1 aromatic carbocycles. The van der Waals surface area contributed by atoms with Gasteiger partial charge in [-0.3, -0.25) is 9.78 Å². The molecule has 2 aromatic rings. The van der Waals surface area contributed by atoms with Gasteiger partial charge in [0.2, 0.25) is 10.0 Å². The molecule has 0 fully saturated rings. The molecular weight excluding hydrogens is 326 g/mol. The van der Waals surface area contributed by atoms with E-state index in [9.17, 15) is 13.2 Å². The third-order valence-corrected chi connectivity index (χ3v) is 4.50. The molecule has 2 N–H and O–H groups in total. The average Bonchev–Trinajstić information content (AvgIpc) is 2.53. The van der Waals surface area contributed by atoms with Crippen LogP contribution in [0, 0.1) is 0 Å². The first kappa shape index (κ1) is 18.1. The molecule has 0 saturated heterocycles. The van der Waals surface area contributed by atoms with Crippen LogP contribution in [0.5, 0.6) is 0 Å². The Hall–Kier alpha value is -2.25. The molecule has 24 heavy (non-hydrogen) atoms. The maximum atomic E-state index is 12.3. The van der Waals surface area contributed by atoms with Crippen molar-refractivity contribution in [3.63, 3.8) is 0 Å². The van der Waals surface area contributed by atoms with Crippen molar-refractivity contribution in [3.8, 4) is 0 Å². The summed E-state index contributed by atoms with van der Waals surface area (Å²) in [6, 6.07) is 11.1. The van der Waals surface area contributed by atoms with Gasteiger partial charge in [-0.1, -0.05) is 6.07 Å². The van der Waals surface area contributed by atoms with E-state index in [0.29, 0.717) is 11.3 Å². The van der Waals surface area contributed by atoms with Gasteiger partial charge in [0.05, 0.1) is 17.1 Å². The molecule has 0 spiro atoms. The van der Waals surface area contributed by atoms with Crippen molar-refractivity contribution in [2.75, 3.05) is 0 Å². The Labute approximate surface area is 142 Å². The van der Waals surface area contributed by atoms with Crippen LogP contribution in [0.4, 0.5) is 0 Å². The summed E-state index contributed by atoms with van der Waals surface area (Å²) < 4.78 is 27.0. The van der Waals surface area contributed by atoms with Crippen molar-refractivity contribution < 1.29 is 13.2 Å². The third kappa shape index (κ3) is 5.14. The number of pyridine rings is 1. The van der Waals surface area contributed by atoms with Crippen LogP contribution in [-0.2, 0) is 16.6 Å². The molecule has 0 aliphatic rings. The van der Waals surface area contributed by atoms with E-state index in [-0.39, 0.29) is 22.9 Å². The number of hydrogen-bond acceptors (Lipinski definition) is 4. The van der Waals surface area contributed by atoms with Crippen LogP contribution >= 0.6 is 0 Å². The summed E-state index contributed by atoms with van der Waals surface area (Å²) in [4.78, 5) is 16.2. The Morgan fingerprint density at radius 2 is 1.75 bits per heavy atom. The summed E-state index contributed by atoms with van der Waals surface area (Å²) in [5.41, 5.74) is 0.683. The highest BCUT2D eigenvalue weighted by atomic mass is 32.2. The summed E-state index contributed by atoms with van der Waals surface area (Å²) in [6.07, 6.45) is 1.60. The zero-order chi connectivity index (χ0) is 17.8. The van der Waals surface area contributed by atoms with Crippen LogP contribution in [0.1, 0.15) is 36.8 Å². The lowest BCUT2D eigenvalue weighted by Gasteiger charge is -2.20. The minimum absolute atomic E-state index is 0.103. The van der Waals surface area contributed by atoms with E-state index in [1.54, 1.807) is 24.4 Å². The lowest BCUT2D eigenvalue weighted by Crippen LogP contribution is -2.40. The molecule has 6 nitrogen and oxygen atoms in total. The van der Waals surface area contributed by atoms with Crippen LogP contribution < -0.4 is 10.0 Å². The summed E-state index contributed by atoms with van der Waals surface area (Å²) in [6.45, 7) is 5.75. The van der Waals surface area contributed by atoms with Crippen molar-refractivity contribution in [1.82, 2.24) is 15.0 Å². The van der Waals surface area contributed by atoms with Gasteiger partial charge in [-0.2, -0.15) is 0 Å². The molecular formula is C17H21N3O3S. The predicted octanol–water partition coefficient (Wildman–Crippen LogP) is 2.09. The number of carbonyl (C=O) groups excluding carboxylic acids is 1. The summed E-state index contributed by atoms with van der Waals surface area (Å²) in [5, 5.41) is 2.83. The smallest absolute Gasteiger partial charge is 0.251 e. The Morgan fingerprint density at radius 1 is 1.08 bits per heavy atom. The van der Waals surface area contributed by atoms with E-state index in [1.165, 1.54) is 24.3 Å². The molecule has 128 valence electrons. The second-order valence-corrected chi connectivity index (χ2v) is 8.14. The fourth-order valence-corrected chi connectivity index (χ4v) is 2.95. The molecule has 0 aliphatic carbocycles. The second-order valence-electron chi connectivity index (χ2n) is 6.37. The first-order valence-electron chi connectivity index (χ1n) is 7.49. The van der Waals surface area contributed by atoms with Gasteiger partial charge < -0.3 is 5.32 Å². The molecule has 0 radical (unpaired) electrons. The van der Waals surface area contributed by atoms with Gasteiger partial charge in [0, 0.05) is 17.3 Å². The van der Waals surface area contributed by atoms with E-state index in [0.717, 1.165) is 0 Å². The minimum atomic E-state index is -3.66. The molecule has 0 saturated carbocycles.